The molecule has 2 rings (SSSR count). The van der Waals surface area contributed by atoms with Crippen molar-refractivity contribution in [3.05, 3.63) is 65.7 Å². The molecule has 0 fully saturated rings. The zero-order valence-corrected chi connectivity index (χ0v) is 14.7. The van der Waals surface area contributed by atoms with Crippen LogP contribution in [0.25, 0.3) is 0 Å². The number of sulfonamides is 1. The molecule has 0 aliphatic carbocycles. The minimum absolute atomic E-state index is 0.125. The van der Waals surface area contributed by atoms with Crippen LogP contribution in [0.1, 0.15) is 11.1 Å². The highest BCUT2D eigenvalue weighted by Gasteiger charge is 2.16. The lowest BCUT2D eigenvalue weighted by Gasteiger charge is -2.22. The minimum Gasteiger partial charge on any atom is -0.354 e. The zero-order chi connectivity index (χ0) is 17.6. The largest absolute Gasteiger partial charge is 0.354 e. The molecule has 0 aliphatic heterocycles. The quantitative estimate of drug-likeness (QED) is 0.835. The second-order valence-corrected chi connectivity index (χ2v) is 7.59. The van der Waals surface area contributed by atoms with E-state index in [-0.39, 0.29) is 25.4 Å². The predicted octanol–water partition coefficient (Wildman–Crippen LogP) is 2.12. The average Bonchev–Trinajstić information content (AvgIpc) is 2.53. The Kier molecular flexibility index (Phi) is 5.98. The first-order chi connectivity index (χ1) is 11.4. The molecule has 0 atom stereocenters. The molecule has 1 N–H and O–H groups in total. The summed E-state index contributed by atoms with van der Waals surface area (Å²) in [7, 11) is -3.40. The summed E-state index contributed by atoms with van der Waals surface area (Å²) in [5.74, 6) is -0.125. The van der Waals surface area contributed by atoms with Crippen LogP contribution in [0.3, 0.4) is 0 Å². The number of carbonyl (C=O) groups is 1. The van der Waals surface area contributed by atoms with E-state index in [4.69, 9.17) is 0 Å². The summed E-state index contributed by atoms with van der Waals surface area (Å²) in [6.45, 7) is 2.45. The van der Waals surface area contributed by atoms with Gasteiger partial charge in [-0.3, -0.25) is 9.10 Å². The summed E-state index contributed by atoms with van der Waals surface area (Å²) in [4.78, 5) is 12.0. The second-order valence-electron chi connectivity index (χ2n) is 5.68. The van der Waals surface area contributed by atoms with Gasteiger partial charge in [0.1, 0.15) is 0 Å². The normalized spacial score (nSPS) is 11.1. The third kappa shape index (κ3) is 5.38. The Bertz CT molecular complexity index is 772. The fraction of sp³-hybridized carbons (Fsp3) is 0.278. The Hall–Kier alpha value is -2.34. The number of nitrogens with zero attached hydrogens (tertiary/aromatic N) is 1. The van der Waals surface area contributed by atoms with Crippen LogP contribution in [0, 0.1) is 6.92 Å². The Balaban J connectivity index is 1.91. The molecule has 6 heteroatoms. The fourth-order valence-corrected chi connectivity index (χ4v) is 3.26. The van der Waals surface area contributed by atoms with Crippen molar-refractivity contribution >= 4 is 21.6 Å². The van der Waals surface area contributed by atoms with E-state index < -0.39 is 10.0 Å². The van der Waals surface area contributed by atoms with Crippen LogP contribution in [0.15, 0.2) is 54.6 Å². The predicted molar refractivity (Wildman–Crippen MR) is 96.5 cm³/mol. The third-order valence-corrected chi connectivity index (χ3v) is 4.76. The summed E-state index contributed by atoms with van der Waals surface area (Å²) in [5.41, 5.74) is 2.67. The van der Waals surface area contributed by atoms with Crippen molar-refractivity contribution in [3.63, 3.8) is 0 Å². The van der Waals surface area contributed by atoms with Crippen LogP contribution < -0.4 is 9.62 Å². The first-order valence-corrected chi connectivity index (χ1v) is 9.56. The summed E-state index contributed by atoms with van der Waals surface area (Å²) in [6.07, 6.45) is 1.44. The van der Waals surface area contributed by atoms with Gasteiger partial charge in [0.05, 0.1) is 24.9 Å². The van der Waals surface area contributed by atoms with Crippen LogP contribution in [0.2, 0.25) is 0 Å². The molecule has 128 valence electrons. The molecule has 1 amide bonds. The van der Waals surface area contributed by atoms with Gasteiger partial charge in [-0.05, 0) is 24.6 Å². The molecule has 0 spiro atoms. The lowest BCUT2D eigenvalue weighted by Crippen LogP contribution is -2.38. The Labute approximate surface area is 143 Å². The van der Waals surface area contributed by atoms with Crippen molar-refractivity contribution < 1.29 is 13.2 Å². The molecule has 0 radical (unpaired) electrons. The van der Waals surface area contributed by atoms with Crippen molar-refractivity contribution in [1.29, 1.82) is 0 Å². The van der Waals surface area contributed by atoms with E-state index in [2.05, 4.69) is 5.32 Å². The molecule has 0 bridgehead atoms. The number of rotatable bonds is 7. The Morgan fingerprint density at radius 2 is 1.67 bits per heavy atom. The van der Waals surface area contributed by atoms with E-state index in [1.165, 1.54) is 4.31 Å². The lowest BCUT2D eigenvalue weighted by molar-refractivity contribution is -0.120. The number of anilines is 1. The number of para-hydroxylation sites is 1. The van der Waals surface area contributed by atoms with E-state index in [1.807, 2.05) is 37.3 Å². The number of carbonyl (C=O) groups excluding carboxylic acids is 1. The first kappa shape index (κ1) is 18.0. The van der Waals surface area contributed by atoms with Crippen molar-refractivity contribution in [2.45, 2.75) is 13.3 Å². The van der Waals surface area contributed by atoms with Gasteiger partial charge in [0, 0.05) is 6.54 Å². The molecular formula is C18H22N2O3S. The number of hydrogen-bond donors (Lipinski definition) is 1. The van der Waals surface area contributed by atoms with Crippen molar-refractivity contribution in [2.24, 2.45) is 0 Å². The third-order valence-electron chi connectivity index (χ3n) is 3.57. The molecule has 0 unspecified atom stereocenters. The summed E-state index contributed by atoms with van der Waals surface area (Å²) >= 11 is 0. The number of amides is 1. The minimum atomic E-state index is -3.40. The fourth-order valence-electron chi connectivity index (χ4n) is 2.33. The standard InChI is InChI=1S/C18H22N2O3S/c1-15-8-10-16(11-9-15)14-18(21)19-12-13-20(24(2,22)23)17-6-4-3-5-7-17/h3-11H,12-14H2,1-2H3,(H,19,21). The number of nitrogens with one attached hydrogen (secondary N) is 1. The molecule has 5 nitrogen and oxygen atoms in total. The van der Waals surface area contributed by atoms with Crippen LogP contribution in [0.4, 0.5) is 5.69 Å². The van der Waals surface area contributed by atoms with Crippen molar-refractivity contribution in [2.75, 3.05) is 23.7 Å². The molecule has 0 saturated carbocycles. The van der Waals surface area contributed by atoms with Gasteiger partial charge in [-0.25, -0.2) is 8.42 Å². The number of aryl methyl sites for hydroxylation is 1. The highest BCUT2D eigenvalue weighted by molar-refractivity contribution is 7.92. The Morgan fingerprint density at radius 1 is 1.04 bits per heavy atom. The number of hydrogen-bond acceptors (Lipinski definition) is 3. The SMILES string of the molecule is Cc1ccc(CC(=O)NCCN(c2ccccc2)S(C)(=O)=O)cc1. The Morgan fingerprint density at radius 3 is 2.25 bits per heavy atom. The molecule has 24 heavy (non-hydrogen) atoms. The smallest absolute Gasteiger partial charge is 0.232 e. The highest BCUT2D eigenvalue weighted by atomic mass is 32.2. The van der Waals surface area contributed by atoms with Crippen molar-refractivity contribution in [3.8, 4) is 0 Å². The van der Waals surface area contributed by atoms with E-state index in [9.17, 15) is 13.2 Å². The highest BCUT2D eigenvalue weighted by Crippen LogP contribution is 2.15. The van der Waals surface area contributed by atoms with Gasteiger partial charge in [-0.15, -0.1) is 0 Å². The average molecular weight is 346 g/mol. The molecule has 0 aromatic heterocycles. The van der Waals surface area contributed by atoms with Crippen LogP contribution in [0.5, 0.6) is 0 Å². The van der Waals surface area contributed by atoms with Gasteiger partial charge in [-0.2, -0.15) is 0 Å². The zero-order valence-electron chi connectivity index (χ0n) is 13.9. The van der Waals surface area contributed by atoms with Crippen LogP contribution in [-0.4, -0.2) is 33.7 Å². The summed E-state index contributed by atoms with van der Waals surface area (Å²) < 4.78 is 25.2. The van der Waals surface area contributed by atoms with Crippen LogP contribution in [-0.2, 0) is 21.2 Å². The summed E-state index contributed by atoms with van der Waals surface area (Å²) in [5, 5.41) is 2.77. The molecule has 0 aliphatic rings. The maximum Gasteiger partial charge on any atom is 0.232 e. The van der Waals surface area contributed by atoms with E-state index in [1.54, 1.807) is 24.3 Å². The van der Waals surface area contributed by atoms with E-state index in [0.29, 0.717) is 5.69 Å². The number of benzene rings is 2. The van der Waals surface area contributed by atoms with Gasteiger partial charge < -0.3 is 5.32 Å². The molecule has 0 saturated heterocycles. The lowest BCUT2D eigenvalue weighted by atomic mass is 10.1. The van der Waals surface area contributed by atoms with E-state index >= 15 is 0 Å². The molecular weight excluding hydrogens is 324 g/mol. The van der Waals surface area contributed by atoms with Crippen LogP contribution >= 0.6 is 0 Å². The van der Waals surface area contributed by atoms with Crippen molar-refractivity contribution in [1.82, 2.24) is 5.32 Å². The molecule has 2 aromatic rings. The first-order valence-electron chi connectivity index (χ1n) is 7.71. The second kappa shape index (κ2) is 7.97. The molecule has 0 heterocycles. The monoisotopic (exact) mass is 346 g/mol. The van der Waals surface area contributed by atoms with Gasteiger partial charge in [0.25, 0.3) is 0 Å². The topological polar surface area (TPSA) is 66.5 Å². The van der Waals surface area contributed by atoms with Gasteiger partial charge >= 0.3 is 0 Å². The van der Waals surface area contributed by atoms with Gasteiger partial charge in [0.2, 0.25) is 15.9 Å². The van der Waals surface area contributed by atoms with Gasteiger partial charge in [-0.1, -0.05) is 48.0 Å². The van der Waals surface area contributed by atoms with E-state index in [0.717, 1.165) is 17.4 Å². The van der Waals surface area contributed by atoms with Gasteiger partial charge in [0.15, 0.2) is 0 Å². The summed E-state index contributed by atoms with van der Waals surface area (Å²) in [6, 6.07) is 16.6. The molecule has 2 aromatic carbocycles. The maximum absolute atomic E-state index is 12.0. The maximum atomic E-state index is 12.0.